The van der Waals surface area contributed by atoms with E-state index in [9.17, 15) is 19.8 Å². The number of aliphatic carboxylic acids is 1. The molecular weight excluding hydrogens is 346 g/mol. The van der Waals surface area contributed by atoms with Gasteiger partial charge in [-0.15, -0.1) is 0 Å². The molecule has 1 fully saturated rings. The van der Waals surface area contributed by atoms with Crippen molar-refractivity contribution in [2.75, 3.05) is 13.2 Å². The molecular formula is C21H21NO5. The molecule has 0 spiro atoms. The summed E-state index contributed by atoms with van der Waals surface area (Å²) in [4.78, 5) is 25.1. The third-order valence-electron chi connectivity index (χ3n) is 5.41. The van der Waals surface area contributed by atoms with E-state index in [4.69, 9.17) is 4.74 Å². The maximum atomic E-state index is 12.6. The van der Waals surface area contributed by atoms with Gasteiger partial charge in [-0.1, -0.05) is 48.5 Å². The number of aliphatic hydroxyl groups excluding tert-OH is 1. The smallest absolute Gasteiger partial charge is 0.410 e. The van der Waals surface area contributed by atoms with Gasteiger partial charge in [0.1, 0.15) is 12.6 Å². The molecule has 6 heteroatoms. The van der Waals surface area contributed by atoms with Crippen LogP contribution in [0.1, 0.15) is 29.9 Å². The number of piperidine rings is 1. The Bertz CT molecular complexity index is 835. The van der Waals surface area contributed by atoms with Gasteiger partial charge in [0.15, 0.2) is 0 Å². The fraction of sp³-hybridized carbons (Fsp3) is 0.333. The molecule has 1 heterocycles. The second-order valence-corrected chi connectivity index (χ2v) is 7.04. The highest BCUT2D eigenvalue weighted by Crippen LogP contribution is 2.44. The van der Waals surface area contributed by atoms with Crippen LogP contribution in [-0.4, -0.2) is 52.5 Å². The van der Waals surface area contributed by atoms with E-state index in [2.05, 4.69) is 12.1 Å². The van der Waals surface area contributed by atoms with Crippen molar-refractivity contribution in [3.05, 3.63) is 59.7 Å². The molecule has 2 aromatic rings. The van der Waals surface area contributed by atoms with Gasteiger partial charge in [0.2, 0.25) is 0 Å². The summed E-state index contributed by atoms with van der Waals surface area (Å²) in [6.07, 6.45) is -0.825. The van der Waals surface area contributed by atoms with Crippen LogP contribution in [-0.2, 0) is 9.53 Å². The zero-order valence-electron chi connectivity index (χ0n) is 14.7. The largest absolute Gasteiger partial charge is 0.480 e. The van der Waals surface area contributed by atoms with Crippen LogP contribution in [0, 0.1) is 0 Å². The first-order chi connectivity index (χ1) is 13.1. The third kappa shape index (κ3) is 3.17. The summed E-state index contributed by atoms with van der Waals surface area (Å²) in [5.74, 6) is -1.16. The van der Waals surface area contributed by atoms with E-state index in [1.54, 1.807) is 0 Å². The Kier molecular flexibility index (Phi) is 4.58. The molecule has 2 atom stereocenters. The van der Waals surface area contributed by atoms with Crippen molar-refractivity contribution in [3.8, 4) is 11.1 Å². The zero-order chi connectivity index (χ0) is 19.0. The molecule has 2 aliphatic rings. The molecule has 2 N–H and O–H groups in total. The van der Waals surface area contributed by atoms with Crippen molar-refractivity contribution in [1.29, 1.82) is 0 Å². The average molecular weight is 367 g/mol. The Morgan fingerprint density at radius 2 is 1.59 bits per heavy atom. The molecule has 0 radical (unpaired) electrons. The number of carbonyl (C=O) groups is 2. The number of β-amino-alcohol motifs (C(OH)–C–C–N with tert-alkyl or cyclic N) is 1. The van der Waals surface area contributed by atoms with Crippen LogP contribution < -0.4 is 0 Å². The van der Waals surface area contributed by atoms with E-state index in [0.717, 1.165) is 27.2 Å². The normalized spacial score (nSPS) is 21.4. The topological polar surface area (TPSA) is 87.1 Å². The average Bonchev–Trinajstić information content (AvgIpc) is 3.00. The summed E-state index contributed by atoms with van der Waals surface area (Å²) < 4.78 is 5.52. The Hall–Kier alpha value is -2.86. The highest BCUT2D eigenvalue weighted by molar-refractivity contribution is 5.81. The van der Waals surface area contributed by atoms with E-state index < -0.39 is 24.2 Å². The molecule has 140 valence electrons. The number of benzene rings is 2. The van der Waals surface area contributed by atoms with Gasteiger partial charge in [0, 0.05) is 5.92 Å². The minimum Gasteiger partial charge on any atom is -0.480 e. The first kappa shape index (κ1) is 17.5. The molecule has 27 heavy (non-hydrogen) atoms. The molecule has 0 saturated carbocycles. The number of likely N-dealkylation sites (tertiary alicyclic amines) is 1. The van der Waals surface area contributed by atoms with E-state index in [0.29, 0.717) is 6.42 Å². The fourth-order valence-corrected chi connectivity index (χ4v) is 4.09. The predicted molar refractivity (Wildman–Crippen MR) is 98.4 cm³/mol. The number of hydrogen-bond donors (Lipinski definition) is 2. The Balaban J connectivity index is 1.53. The first-order valence-corrected chi connectivity index (χ1v) is 9.08. The van der Waals surface area contributed by atoms with Crippen LogP contribution in [0.4, 0.5) is 4.79 Å². The first-order valence-electron chi connectivity index (χ1n) is 9.08. The van der Waals surface area contributed by atoms with Crippen molar-refractivity contribution in [1.82, 2.24) is 4.90 Å². The summed E-state index contributed by atoms with van der Waals surface area (Å²) in [6, 6.07) is 15.1. The quantitative estimate of drug-likeness (QED) is 0.871. The van der Waals surface area contributed by atoms with Crippen LogP contribution in [0.25, 0.3) is 11.1 Å². The lowest BCUT2D eigenvalue weighted by atomic mass is 9.98. The summed E-state index contributed by atoms with van der Waals surface area (Å²) in [6.45, 7) is 0.111. The lowest BCUT2D eigenvalue weighted by Crippen LogP contribution is -2.52. The van der Waals surface area contributed by atoms with Crippen LogP contribution in [0.3, 0.4) is 0 Å². The molecule has 0 bridgehead atoms. The lowest BCUT2D eigenvalue weighted by molar-refractivity contribution is -0.145. The van der Waals surface area contributed by atoms with Crippen LogP contribution in [0.15, 0.2) is 48.5 Å². The Morgan fingerprint density at radius 1 is 1.00 bits per heavy atom. The lowest BCUT2D eigenvalue weighted by Gasteiger charge is -2.34. The van der Waals surface area contributed by atoms with Crippen LogP contribution in [0.5, 0.6) is 0 Å². The molecule has 0 aromatic heterocycles. The number of carboxylic acid groups (broad SMARTS) is 1. The van der Waals surface area contributed by atoms with Gasteiger partial charge in [-0.3, -0.25) is 4.90 Å². The van der Waals surface area contributed by atoms with Crippen molar-refractivity contribution in [3.63, 3.8) is 0 Å². The molecule has 0 unspecified atom stereocenters. The van der Waals surface area contributed by atoms with E-state index in [1.807, 2.05) is 36.4 Å². The van der Waals surface area contributed by atoms with Gasteiger partial charge in [0.25, 0.3) is 0 Å². The highest BCUT2D eigenvalue weighted by Gasteiger charge is 2.37. The monoisotopic (exact) mass is 367 g/mol. The van der Waals surface area contributed by atoms with Crippen molar-refractivity contribution >= 4 is 12.1 Å². The van der Waals surface area contributed by atoms with Gasteiger partial charge in [-0.2, -0.15) is 0 Å². The number of nitrogens with zero attached hydrogens (tertiary/aromatic N) is 1. The molecule has 2 aromatic carbocycles. The third-order valence-corrected chi connectivity index (χ3v) is 5.41. The Labute approximate surface area is 157 Å². The highest BCUT2D eigenvalue weighted by atomic mass is 16.6. The fourth-order valence-electron chi connectivity index (χ4n) is 4.09. The SMILES string of the molecule is O=C(O)[C@H]1CC[C@H](O)CN1C(=O)OCC1c2ccccc2-c2ccccc21. The second-order valence-electron chi connectivity index (χ2n) is 7.04. The number of fused-ring (bicyclic) bond motifs is 3. The van der Waals surface area contributed by atoms with Crippen LogP contribution >= 0.6 is 0 Å². The molecule has 4 rings (SSSR count). The summed E-state index contributed by atoms with van der Waals surface area (Å²) in [5, 5.41) is 19.2. The number of carboxylic acids is 1. The minimum absolute atomic E-state index is 0.0202. The van der Waals surface area contributed by atoms with Gasteiger partial charge in [0.05, 0.1) is 12.6 Å². The van der Waals surface area contributed by atoms with Gasteiger partial charge in [-0.05, 0) is 35.1 Å². The maximum Gasteiger partial charge on any atom is 0.410 e. The van der Waals surface area contributed by atoms with Crippen molar-refractivity contribution in [2.45, 2.75) is 30.9 Å². The van der Waals surface area contributed by atoms with Gasteiger partial charge >= 0.3 is 12.1 Å². The molecule has 1 aliphatic heterocycles. The number of aliphatic hydroxyl groups is 1. The van der Waals surface area contributed by atoms with Gasteiger partial charge in [-0.25, -0.2) is 9.59 Å². The summed E-state index contributed by atoms with van der Waals surface area (Å²) >= 11 is 0. The van der Waals surface area contributed by atoms with Crippen molar-refractivity contribution < 1.29 is 24.5 Å². The standard InChI is InChI=1S/C21H21NO5/c23-13-9-10-19(20(24)25)22(11-13)21(26)27-12-18-16-7-3-1-5-14(16)15-6-2-4-8-17(15)18/h1-8,13,18-19,23H,9-12H2,(H,24,25)/t13-,19+/m0/s1. The molecule has 1 saturated heterocycles. The maximum absolute atomic E-state index is 12.6. The summed E-state index contributed by atoms with van der Waals surface area (Å²) in [7, 11) is 0. The van der Waals surface area contributed by atoms with E-state index in [-0.39, 0.29) is 25.5 Å². The Morgan fingerprint density at radius 3 is 2.19 bits per heavy atom. The van der Waals surface area contributed by atoms with E-state index in [1.165, 1.54) is 0 Å². The van der Waals surface area contributed by atoms with Crippen LogP contribution in [0.2, 0.25) is 0 Å². The minimum atomic E-state index is -1.07. The number of carbonyl (C=O) groups excluding carboxylic acids is 1. The second kappa shape index (κ2) is 7.04. The van der Waals surface area contributed by atoms with E-state index >= 15 is 0 Å². The molecule has 6 nitrogen and oxygen atoms in total. The molecule has 1 amide bonds. The number of hydrogen-bond acceptors (Lipinski definition) is 4. The number of ether oxygens (including phenoxy) is 1. The summed E-state index contributed by atoms with van der Waals surface area (Å²) in [5.41, 5.74) is 4.46. The zero-order valence-corrected chi connectivity index (χ0v) is 14.7. The van der Waals surface area contributed by atoms with Gasteiger partial charge < -0.3 is 14.9 Å². The number of rotatable bonds is 3. The molecule has 1 aliphatic carbocycles. The van der Waals surface area contributed by atoms with Crippen molar-refractivity contribution in [2.24, 2.45) is 0 Å². The predicted octanol–water partition coefficient (Wildman–Crippen LogP) is 2.85. The number of amides is 1.